The molecule has 0 unspecified atom stereocenters. The van der Waals surface area contributed by atoms with Crippen molar-refractivity contribution in [2.24, 2.45) is 0 Å². The number of benzene rings is 1. The Bertz CT molecular complexity index is 299. The molecule has 2 nitrogen and oxygen atoms in total. The van der Waals surface area contributed by atoms with E-state index in [1.807, 2.05) is 6.07 Å². The minimum absolute atomic E-state index is 0.887. The van der Waals surface area contributed by atoms with Gasteiger partial charge in [0.2, 0.25) is 0 Å². The molecule has 3 heteroatoms. The Morgan fingerprint density at radius 2 is 2.17 bits per heavy atom. The molecule has 0 amide bonds. The number of fused-ring (bicyclic) bond motifs is 1. The van der Waals surface area contributed by atoms with Gasteiger partial charge in [0.15, 0.2) is 7.98 Å². The molecule has 0 bridgehead atoms. The summed E-state index contributed by atoms with van der Waals surface area (Å²) >= 11 is 0. The largest absolute Gasteiger partial charge is 0.399 e. The van der Waals surface area contributed by atoms with Crippen molar-refractivity contribution >= 4 is 13.7 Å². The first kappa shape index (κ1) is 7.68. The lowest BCUT2D eigenvalue weighted by atomic mass is 9.97. The Kier molecular flexibility index (Phi) is 1.81. The highest BCUT2D eigenvalue weighted by molar-refractivity contribution is 6.04. The zero-order valence-corrected chi connectivity index (χ0v) is 7.38. The van der Waals surface area contributed by atoms with Gasteiger partial charge in [-0.25, -0.2) is 0 Å². The molecule has 1 heterocycles. The van der Waals surface area contributed by atoms with E-state index < -0.39 is 0 Å². The van der Waals surface area contributed by atoms with Gasteiger partial charge in [0.25, 0.3) is 0 Å². The van der Waals surface area contributed by atoms with Gasteiger partial charge < -0.3 is 10.5 Å². The summed E-state index contributed by atoms with van der Waals surface area (Å²) in [5, 5.41) is 0. The summed E-state index contributed by atoms with van der Waals surface area (Å²) in [6.45, 7) is 2.21. The van der Waals surface area contributed by atoms with Crippen LogP contribution in [0.1, 0.15) is 11.1 Å². The topological polar surface area (TPSA) is 29.3 Å². The summed E-state index contributed by atoms with van der Waals surface area (Å²) in [7, 11) is 2.15. The second-order valence-corrected chi connectivity index (χ2v) is 3.52. The molecule has 1 aliphatic heterocycles. The van der Waals surface area contributed by atoms with Crippen LogP contribution in [0.3, 0.4) is 0 Å². The number of anilines is 1. The maximum atomic E-state index is 5.70. The van der Waals surface area contributed by atoms with Crippen LogP contribution in [0.15, 0.2) is 18.2 Å². The zero-order chi connectivity index (χ0) is 8.55. The summed E-state index contributed by atoms with van der Waals surface area (Å²) in [5.74, 6) is 0. The number of rotatable bonds is 0. The van der Waals surface area contributed by atoms with Crippen LogP contribution in [0.2, 0.25) is 0 Å². The molecule has 0 spiro atoms. The minimum Gasteiger partial charge on any atom is -0.399 e. The van der Waals surface area contributed by atoms with Crippen molar-refractivity contribution in [2.45, 2.75) is 13.0 Å². The Morgan fingerprint density at radius 3 is 3.00 bits per heavy atom. The molecule has 0 aromatic heterocycles. The van der Waals surface area contributed by atoms with Crippen LogP contribution in [-0.4, -0.2) is 19.3 Å². The summed E-state index contributed by atoms with van der Waals surface area (Å²) in [6, 6.07) is 6.22. The lowest BCUT2D eigenvalue weighted by Gasteiger charge is -2.25. The number of nitrogens with zero attached hydrogens (tertiary/aromatic N) is 1. The SMILES string of the molecule is BN1CCc2cc(N)ccc2C1. The molecule has 0 atom stereocenters. The first-order chi connectivity index (χ1) is 5.75. The Labute approximate surface area is 73.8 Å². The van der Waals surface area contributed by atoms with Gasteiger partial charge in [-0.1, -0.05) is 6.07 Å². The highest BCUT2D eigenvalue weighted by Crippen LogP contribution is 2.19. The highest BCUT2D eigenvalue weighted by atomic mass is 15.0. The molecular formula is C9H13BN2. The molecular weight excluding hydrogens is 147 g/mol. The van der Waals surface area contributed by atoms with Crippen LogP contribution in [0.5, 0.6) is 0 Å². The molecule has 62 valence electrons. The zero-order valence-electron chi connectivity index (χ0n) is 7.38. The van der Waals surface area contributed by atoms with Crippen molar-refractivity contribution in [3.8, 4) is 0 Å². The summed E-state index contributed by atoms with van der Waals surface area (Å²) in [4.78, 5) is 2.33. The van der Waals surface area contributed by atoms with E-state index >= 15 is 0 Å². The normalized spacial score (nSPS) is 17.3. The van der Waals surface area contributed by atoms with E-state index in [0.717, 1.165) is 25.2 Å². The molecule has 1 aromatic carbocycles. The van der Waals surface area contributed by atoms with Crippen LogP contribution in [-0.2, 0) is 13.0 Å². The first-order valence-corrected chi connectivity index (χ1v) is 4.31. The van der Waals surface area contributed by atoms with E-state index in [1.165, 1.54) is 11.1 Å². The second kappa shape index (κ2) is 2.83. The van der Waals surface area contributed by atoms with E-state index in [4.69, 9.17) is 5.73 Å². The smallest absolute Gasteiger partial charge is 0.185 e. The highest BCUT2D eigenvalue weighted by Gasteiger charge is 2.11. The third-order valence-electron chi connectivity index (χ3n) is 2.43. The predicted molar refractivity (Wildman–Crippen MR) is 53.5 cm³/mol. The molecule has 0 saturated carbocycles. The van der Waals surface area contributed by atoms with Gasteiger partial charge >= 0.3 is 0 Å². The molecule has 1 aromatic rings. The van der Waals surface area contributed by atoms with Crippen molar-refractivity contribution in [3.63, 3.8) is 0 Å². The van der Waals surface area contributed by atoms with E-state index in [2.05, 4.69) is 24.9 Å². The van der Waals surface area contributed by atoms with Crippen LogP contribution in [0.4, 0.5) is 5.69 Å². The van der Waals surface area contributed by atoms with Gasteiger partial charge in [-0.05, 0) is 36.2 Å². The van der Waals surface area contributed by atoms with Crippen molar-refractivity contribution < 1.29 is 0 Å². The number of hydrogen-bond acceptors (Lipinski definition) is 2. The number of nitrogen functional groups attached to an aromatic ring is 1. The van der Waals surface area contributed by atoms with Gasteiger partial charge in [-0.15, -0.1) is 0 Å². The number of nitrogens with two attached hydrogens (primary N) is 1. The standard InChI is InChI=1S/C9H13BN2/c10-12-4-3-7-5-9(11)2-1-8(7)6-12/h1-2,5H,3-4,6,10-11H2. The maximum absolute atomic E-state index is 5.70. The van der Waals surface area contributed by atoms with E-state index in [0.29, 0.717) is 0 Å². The third-order valence-corrected chi connectivity index (χ3v) is 2.43. The van der Waals surface area contributed by atoms with Gasteiger partial charge in [0, 0.05) is 12.2 Å². The molecule has 1 aliphatic rings. The maximum Gasteiger partial charge on any atom is 0.185 e. The minimum atomic E-state index is 0.887. The van der Waals surface area contributed by atoms with Crippen molar-refractivity contribution in [1.29, 1.82) is 0 Å². The van der Waals surface area contributed by atoms with E-state index in [1.54, 1.807) is 0 Å². The predicted octanol–water partition coefficient (Wildman–Crippen LogP) is 0.175. The molecule has 0 fully saturated rings. The van der Waals surface area contributed by atoms with Gasteiger partial charge in [0.1, 0.15) is 0 Å². The van der Waals surface area contributed by atoms with Gasteiger partial charge in [-0.2, -0.15) is 0 Å². The van der Waals surface area contributed by atoms with Crippen LogP contribution >= 0.6 is 0 Å². The number of hydrogen-bond donors (Lipinski definition) is 1. The fourth-order valence-electron chi connectivity index (χ4n) is 1.71. The van der Waals surface area contributed by atoms with Crippen molar-refractivity contribution in [3.05, 3.63) is 29.3 Å². The Balaban J connectivity index is 2.37. The fourth-order valence-corrected chi connectivity index (χ4v) is 1.71. The average molecular weight is 160 g/mol. The molecule has 0 saturated heterocycles. The van der Waals surface area contributed by atoms with Crippen molar-refractivity contribution in [2.75, 3.05) is 12.3 Å². The molecule has 2 N–H and O–H groups in total. The first-order valence-electron chi connectivity index (χ1n) is 4.31. The molecule has 12 heavy (non-hydrogen) atoms. The summed E-state index contributed by atoms with van der Waals surface area (Å²) in [6.07, 6.45) is 1.14. The van der Waals surface area contributed by atoms with Crippen LogP contribution in [0, 0.1) is 0 Å². The third kappa shape index (κ3) is 1.32. The van der Waals surface area contributed by atoms with E-state index in [-0.39, 0.29) is 0 Å². The molecule has 0 radical (unpaired) electrons. The second-order valence-electron chi connectivity index (χ2n) is 3.52. The van der Waals surface area contributed by atoms with Crippen molar-refractivity contribution in [1.82, 2.24) is 4.81 Å². The monoisotopic (exact) mass is 160 g/mol. The lowest BCUT2D eigenvalue weighted by molar-refractivity contribution is 0.427. The summed E-state index contributed by atoms with van der Waals surface area (Å²) < 4.78 is 0. The quantitative estimate of drug-likeness (QED) is 0.433. The van der Waals surface area contributed by atoms with Gasteiger partial charge in [0.05, 0.1) is 0 Å². The van der Waals surface area contributed by atoms with E-state index in [9.17, 15) is 0 Å². The summed E-state index contributed by atoms with van der Waals surface area (Å²) in [5.41, 5.74) is 9.44. The molecule has 2 rings (SSSR count). The lowest BCUT2D eigenvalue weighted by Crippen LogP contribution is -2.27. The Morgan fingerprint density at radius 1 is 1.33 bits per heavy atom. The average Bonchev–Trinajstić information content (AvgIpc) is 2.05. The Hall–Kier alpha value is -0.955. The van der Waals surface area contributed by atoms with Crippen LogP contribution < -0.4 is 5.73 Å². The molecule has 0 aliphatic carbocycles. The fraction of sp³-hybridized carbons (Fsp3) is 0.333. The van der Waals surface area contributed by atoms with Crippen LogP contribution in [0.25, 0.3) is 0 Å². The van der Waals surface area contributed by atoms with Gasteiger partial charge in [-0.3, -0.25) is 0 Å².